The molecule has 2 aliphatic carbocycles. The molecule has 100 valence electrons. The van der Waals surface area contributed by atoms with Gasteiger partial charge in [-0.05, 0) is 43.4 Å². The van der Waals surface area contributed by atoms with Crippen LogP contribution in [-0.2, 0) is 0 Å². The smallest absolute Gasteiger partial charge is 0.309 e. The molecule has 0 bridgehead atoms. The van der Waals surface area contributed by atoms with Gasteiger partial charge < -0.3 is 4.90 Å². The third-order valence-corrected chi connectivity index (χ3v) is 4.65. The lowest BCUT2D eigenvalue weighted by Crippen LogP contribution is -2.56. The van der Waals surface area contributed by atoms with Crippen LogP contribution in [0.1, 0.15) is 52.9 Å². The molecule has 3 rings (SSSR count). The van der Waals surface area contributed by atoms with Crippen LogP contribution < -0.4 is 5.32 Å². The fourth-order valence-electron chi connectivity index (χ4n) is 4.35. The fraction of sp³-hybridized carbons (Fsp3) is 0.857. The zero-order chi connectivity index (χ0) is 13.1. The van der Waals surface area contributed by atoms with Gasteiger partial charge in [-0.1, -0.05) is 20.8 Å². The van der Waals surface area contributed by atoms with Gasteiger partial charge in [-0.3, -0.25) is 10.7 Å². The topological polar surface area (TPSA) is 56.2 Å². The third-order valence-electron chi connectivity index (χ3n) is 4.65. The first kappa shape index (κ1) is 12.0. The van der Waals surface area contributed by atoms with Crippen molar-refractivity contribution in [1.82, 2.24) is 10.2 Å². The van der Waals surface area contributed by atoms with E-state index in [0.29, 0.717) is 17.8 Å². The van der Waals surface area contributed by atoms with Crippen LogP contribution in [0.4, 0.5) is 4.79 Å². The summed E-state index contributed by atoms with van der Waals surface area (Å²) in [5, 5.41) is 11.0. The number of amidine groups is 1. The van der Waals surface area contributed by atoms with Crippen molar-refractivity contribution in [3.63, 3.8) is 0 Å². The molecule has 4 heteroatoms. The number of nitrogens with one attached hydrogen (secondary N) is 2. The Morgan fingerprint density at radius 3 is 2.56 bits per heavy atom. The highest BCUT2D eigenvalue weighted by Crippen LogP contribution is 2.51. The second-order valence-electron chi connectivity index (χ2n) is 7.29. The molecule has 2 atom stereocenters. The first-order valence-corrected chi connectivity index (χ1v) is 7.03. The van der Waals surface area contributed by atoms with Crippen molar-refractivity contribution in [3.05, 3.63) is 0 Å². The monoisotopic (exact) mass is 249 g/mol. The standard InChI is InChI=1S/C14H23N3O/c1-9-6-13(2,3)8-14(7-9)11(15)16-12(18)17(14)10-4-5-10/h9-10H,4-8H2,1-3H3,(H2,15,16,18). The Morgan fingerprint density at radius 2 is 2.00 bits per heavy atom. The number of amides is 2. The van der Waals surface area contributed by atoms with Gasteiger partial charge in [0.05, 0.1) is 0 Å². The van der Waals surface area contributed by atoms with E-state index in [0.717, 1.165) is 25.7 Å². The molecule has 2 unspecified atom stereocenters. The second-order valence-corrected chi connectivity index (χ2v) is 7.29. The van der Waals surface area contributed by atoms with E-state index in [-0.39, 0.29) is 17.0 Å². The van der Waals surface area contributed by atoms with Crippen LogP contribution in [-0.4, -0.2) is 28.3 Å². The number of hydrogen-bond donors (Lipinski definition) is 2. The van der Waals surface area contributed by atoms with Crippen molar-refractivity contribution in [3.8, 4) is 0 Å². The number of nitrogens with zero attached hydrogens (tertiary/aromatic N) is 1. The molecular formula is C14H23N3O. The lowest BCUT2D eigenvalue weighted by molar-refractivity contribution is 0.0573. The Balaban J connectivity index is 1.99. The molecule has 2 saturated carbocycles. The van der Waals surface area contributed by atoms with E-state index in [1.165, 1.54) is 6.42 Å². The van der Waals surface area contributed by atoms with Gasteiger partial charge >= 0.3 is 6.03 Å². The largest absolute Gasteiger partial charge is 0.323 e. The highest BCUT2D eigenvalue weighted by molar-refractivity contribution is 6.08. The summed E-state index contributed by atoms with van der Waals surface area (Å²) in [5.74, 6) is 1.02. The van der Waals surface area contributed by atoms with Crippen LogP contribution in [0.25, 0.3) is 0 Å². The Labute approximate surface area is 109 Å². The van der Waals surface area contributed by atoms with E-state index in [1.54, 1.807) is 0 Å². The highest BCUT2D eigenvalue weighted by atomic mass is 16.2. The van der Waals surface area contributed by atoms with Crippen molar-refractivity contribution in [2.24, 2.45) is 11.3 Å². The average Bonchev–Trinajstić information content (AvgIpc) is 2.94. The van der Waals surface area contributed by atoms with Crippen LogP contribution in [0.15, 0.2) is 0 Å². The summed E-state index contributed by atoms with van der Waals surface area (Å²) in [6.07, 6.45) is 5.28. The maximum absolute atomic E-state index is 12.1. The molecule has 3 fully saturated rings. The zero-order valence-electron chi connectivity index (χ0n) is 11.5. The van der Waals surface area contributed by atoms with Gasteiger partial charge in [-0.15, -0.1) is 0 Å². The van der Waals surface area contributed by atoms with Gasteiger partial charge in [0.2, 0.25) is 0 Å². The van der Waals surface area contributed by atoms with Crippen molar-refractivity contribution >= 4 is 11.9 Å². The molecular weight excluding hydrogens is 226 g/mol. The SMILES string of the molecule is CC1CC(C)(C)CC2(C1)C(=N)NC(=O)N2C1CC1. The molecule has 0 aromatic rings. The van der Waals surface area contributed by atoms with Crippen molar-refractivity contribution in [2.75, 3.05) is 0 Å². The van der Waals surface area contributed by atoms with Crippen molar-refractivity contribution < 1.29 is 4.79 Å². The summed E-state index contributed by atoms with van der Waals surface area (Å²) < 4.78 is 0. The summed E-state index contributed by atoms with van der Waals surface area (Å²) in [5.41, 5.74) is -0.122. The van der Waals surface area contributed by atoms with Gasteiger partial charge in [0, 0.05) is 6.04 Å². The molecule has 4 nitrogen and oxygen atoms in total. The van der Waals surface area contributed by atoms with Crippen molar-refractivity contribution in [2.45, 2.75) is 64.5 Å². The summed E-state index contributed by atoms with van der Waals surface area (Å²) in [6.45, 7) is 6.79. The van der Waals surface area contributed by atoms with Crippen LogP contribution in [0.5, 0.6) is 0 Å². The molecule has 2 amide bonds. The van der Waals surface area contributed by atoms with E-state index in [4.69, 9.17) is 5.41 Å². The van der Waals surface area contributed by atoms with E-state index < -0.39 is 0 Å². The number of carbonyl (C=O) groups excluding carboxylic acids is 1. The van der Waals surface area contributed by atoms with Crippen LogP contribution in [0, 0.1) is 16.7 Å². The third kappa shape index (κ3) is 1.65. The maximum Gasteiger partial charge on any atom is 0.323 e. The molecule has 0 aromatic heterocycles. The predicted octanol–water partition coefficient (Wildman–Crippen LogP) is 2.74. The molecule has 1 aliphatic heterocycles. The molecule has 0 aromatic carbocycles. The summed E-state index contributed by atoms with van der Waals surface area (Å²) in [4.78, 5) is 14.1. The summed E-state index contributed by atoms with van der Waals surface area (Å²) >= 11 is 0. The maximum atomic E-state index is 12.1. The Kier molecular flexibility index (Phi) is 2.32. The van der Waals surface area contributed by atoms with E-state index in [1.807, 2.05) is 4.90 Å². The van der Waals surface area contributed by atoms with E-state index >= 15 is 0 Å². The minimum atomic E-state index is -0.334. The van der Waals surface area contributed by atoms with Crippen LogP contribution >= 0.6 is 0 Å². The van der Waals surface area contributed by atoms with Gasteiger partial charge in [0.25, 0.3) is 0 Å². The highest BCUT2D eigenvalue weighted by Gasteiger charge is 2.58. The molecule has 0 radical (unpaired) electrons. The first-order chi connectivity index (χ1) is 8.34. The molecule has 2 N–H and O–H groups in total. The molecule has 18 heavy (non-hydrogen) atoms. The van der Waals surface area contributed by atoms with E-state index in [9.17, 15) is 4.79 Å². The zero-order valence-corrected chi connectivity index (χ0v) is 11.5. The summed E-state index contributed by atoms with van der Waals surface area (Å²) in [6, 6.07) is 0.348. The predicted molar refractivity (Wildman–Crippen MR) is 70.6 cm³/mol. The molecule has 1 heterocycles. The van der Waals surface area contributed by atoms with Gasteiger partial charge in [0.15, 0.2) is 0 Å². The quantitative estimate of drug-likeness (QED) is 0.737. The Morgan fingerprint density at radius 1 is 1.33 bits per heavy atom. The normalized spacial score (nSPS) is 39.3. The number of carbonyl (C=O) groups is 1. The van der Waals surface area contributed by atoms with Gasteiger partial charge in [0.1, 0.15) is 11.4 Å². The number of hydrogen-bond acceptors (Lipinski definition) is 2. The first-order valence-electron chi connectivity index (χ1n) is 7.03. The van der Waals surface area contributed by atoms with Gasteiger partial charge in [-0.2, -0.15) is 0 Å². The fourth-order valence-corrected chi connectivity index (χ4v) is 4.35. The Hall–Kier alpha value is -1.06. The van der Waals surface area contributed by atoms with E-state index in [2.05, 4.69) is 26.1 Å². The van der Waals surface area contributed by atoms with Gasteiger partial charge in [-0.25, -0.2) is 4.79 Å². The van der Waals surface area contributed by atoms with Crippen LogP contribution in [0.3, 0.4) is 0 Å². The van der Waals surface area contributed by atoms with Crippen LogP contribution in [0.2, 0.25) is 0 Å². The number of rotatable bonds is 1. The Bertz CT molecular complexity index is 413. The minimum Gasteiger partial charge on any atom is -0.309 e. The second kappa shape index (κ2) is 3.49. The lowest BCUT2D eigenvalue weighted by Gasteiger charge is -2.49. The molecule has 3 aliphatic rings. The average molecular weight is 249 g/mol. The number of urea groups is 1. The molecule has 1 spiro atoms. The summed E-state index contributed by atoms with van der Waals surface area (Å²) in [7, 11) is 0. The van der Waals surface area contributed by atoms with Crippen molar-refractivity contribution in [1.29, 1.82) is 5.41 Å². The molecule has 1 saturated heterocycles. The lowest BCUT2D eigenvalue weighted by atomic mass is 9.63. The minimum absolute atomic E-state index is 0.0348.